The lowest BCUT2D eigenvalue weighted by atomic mass is 10.5. The van der Waals surface area contributed by atoms with Crippen LogP contribution in [-0.4, -0.2) is 19.1 Å². The summed E-state index contributed by atoms with van der Waals surface area (Å²) in [7, 11) is 1.46. The molecule has 0 radical (unpaired) electrons. The number of hydrogen-bond donors (Lipinski definition) is 1. The molecule has 0 spiro atoms. The van der Waals surface area contributed by atoms with Crippen molar-refractivity contribution in [2.24, 2.45) is 7.05 Å². The second kappa shape index (κ2) is 3.08. The molecule has 0 aliphatic rings. The van der Waals surface area contributed by atoms with E-state index in [-0.39, 0.29) is 11.2 Å². The molecule has 0 saturated carbocycles. The molecule has 0 bridgehead atoms. The van der Waals surface area contributed by atoms with Gasteiger partial charge in [-0.05, 0) is 13.8 Å². The Morgan fingerprint density at radius 1 is 1.40 bits per heavy atom. The van der Waals surface area contributed by atoms with E-state index in [1.807, 2.05) is 6.92 Å². The molecule has 6 nitrogen and oxygen atoms in total. The molecule has 6 heteroatoms. The fraction of sp³-hybridized carbons (Fsp3) is 0.444. The van der Waals surface area contributed by atoms with Gasteiger partial charge in [-0.2, -0.15) is 0 Å². The number of nitrogens with zero attached hydrogens (tertiary/aromatic N) is 3. The van der Waals surface area contributed by atoms with Gasteiger partial charge in [0, 0.05) is 13.6 Å². The molecule has 1 N–H and O–H groups in total. The van der Waals surface area contributed by atoms with Crippen LogP contribution >= 0.6 is 0 Å². The first-order valence-corrected chi connectivity index (χ1v) is 4.72. The van der Waals surface area contributed by atoms with Gasteiger partial charge in [-0.3, -0.25) is 13.9 Å². The molecule has 2 aromatic rings. The van der Waals surface area contributed by atoms with E-state index in [0.717, 1.165) is 4.57 Å². The monoisotopic (exact) mass is 208 g/mol. The van der Waals surface area contributed by atoms with Gasteiger partial charge in [-0.25, -0.2) is 9.78 Å². The fourth-order valence-electron chi connectivity index (χ4n) is 1.64. The van der Waals surface area contributed by atoms with Crippen molar-refractivity contribution in [1.29, 1.82) is 0 Å². The third-order valence-corrected chi connectivity index (χ3v) is 2.41. The van der Waals surface area contributed by atoms with Crippen molar-refractivity contribution in [3.63, 3.8) is 0 Å². The predicted molar refractivity (Wildman–Crippen MR) is 56.0 cm³/mol. The minimum atomic E-state index is -0.333. The summed E-state index contributed by atoms with van der Waals surface area (Å²) < 4.78 is 2.56. The van der Waals surface area contributed by atoms with Gasteiger partial charge in [0.15, 0.2) is 5.65 Å². The van der Waals surface area contributed by atoms with Crippen LogP contribution in [0.25, 0.3) is 11.2 Å². The summed E-state index contributed by atoms with van der Waals surface area (Å²) >= 11 is 0. The summed E-state index contributed by atoms with van der Waals surface area (Å²) in [5.41, 5.74) is 0.154. The number of imidazole rings is 1. The molecule has 15 heavy (non-hydrogen) atoms. The third-order valence-electron chi connectivity index (χ3n) is 2.41. The van der Waals surface area contributed by atoms with Gasteiger partial charge >= 0.3 is 5.69 Å². The number of aromatic amines is 1. The van der Waals surface area contributed by atoms with Crippen LogP contribution in [0.3, 0.4) is 0 Å². The topological polar surface area (TPSA) is 72.7 Å². The minimum Gasteiger partial charge on any atom is -0.336 e. The van der Waals surface area contributed by atoms with Crippen LogP contribution < -0.4 is 11.2 Å². The molecule has 0 amide bonds. The van der Waals surface area contributed by atoms with Crippen molar-refractivity contribution in [3.05, 3.63) is 26.7 Å². The molecular weight excluding hydrogens is 196 g/mol. The van der Waals surface area contributed by atoms with Crippen molar-refractivity contribution < 1.29 is 0 Å². The zero-order valence-electron chi connectivity index (χ0n) is 8.87. The molecule has 0 aromatic carbocycles. The largest absolute Gasteiger partial charge is 0.336 e. The average molecular weight is 208 g/mol. The maximum absolute atomic E-state index is 11.7. The number of H-pyrrole nitrogens is 1. The number of nitrogens with one attached hydrogen (secondary N) is 1. The van der Waals surface area contributed by atoms with Gasteiger partial charge in [-0.15, -0.1) is 0 Å². The number of aromatic nitrogens is 4. The molecule has 0 fully saturated rings. The van der Waals surface area contributed by atoms with E-state index in [0.29, 0.717) is 23.5 Å². The van der Waals surface area contributed by atoms with Crippen molar-refractivity contribution >= 4 is 11.2 Å². The second-order valence-corrected chi connectivity index (χ2v) is 3.41. The Morgan fingerprint density at radius 3 is 2.67 bits per heavy atom. The van der Waals surface area contributed by atoms with Gasteiger partial charge in [-0.1, -0.05) is 0 Å². The van der Waals surface area contributed by atoms with E-state index in [1.165, 1.54) is 11.6 Å². The first kappa shape index (κ1) is 9.70. The van der Waals surface area contributed by atoms with E-state index in [4.69, 9.17) is 0 Å². The predicted octanol–water partition coefficient (Wildman–Crippen LogP) is -0.248. The Bertz CT molecular complexity index is 632. The molecule has 2 heterocycles. The zero-order valence-corrected chi connectivity index (χ0v) is 8.87. The number of aryl methyl sites for hydroxylation is 2. The Labute approximate surface area is 85.2 Å². The van der Waals surface area contributed by atoms with E-state index >= 15 is 0 Å². The van der Waals surface area contributed by atoms with Crippen molar-refractivity contribution in [1.82, 2.24) is 19.1 Å². The molecule has 2 aromatic heterocycles. The minimum absolute atomic E-state index is 0.332. The third kappa shape index (κ3) is 1.21. The van der Waals surface area contributed by atoms with Gasteiger partial charge in [0.2, 0.25) is 0 Å². The van der Waals surface area contributed by atoms with Crippen LogP contribution in [0.2, 0.25) is 0 Å². The van der Waals surface area contributed by atoms with Crippen LogP contribution in [0.5, 0.6) is 0 Å². The molecule has 0 saturated heterocycles. The van der Waals surface area contributed by atoms with Crippen LogP contribution in [0.15, 0.2) is 9.59 Å². The number of fused-ring (bicyclic) bond motifs is 1. The van der Waals surface area contributed by atoms with Crippen LogP contribution in [0, 0.1) is 6.92 Å². The molecule has 0 aliphatic carbocycles. The fourth-order valence-corrected chi connectivity index (χ4v) is 1.64. The van der Waals surface area contributed by atoms with E-state index < -0.39 is 0 Å². The average Bonchev–Trinajstić information content (AvgIpc) is 2.58. The lowest BCUT2D eigenvalue weighted by molar-refractivity contribution is 0.652. The van der Waals surface area contributed by atoms with Crippen LogP contribution in [-0.2, 0) is 13.6 Å². The maximum atomic E-state index is 11.7. The number of hydrogen-bond acceptors (Lipinski definition) is 3. The van der Waals surface area contributed by atoms with Crippen molar-refractivity contribution in [2.75, 3.05) is 0 Å². The molecule has 2 rings (SSSR count). The highest BCUT2D eigenvalue weighted by Gasteiger charge is 2.12. The summed E-state index contributed by atoms with van der Waals surface area (Å²) in [4.78, 5) is 30.4. The van der Waals surface area contributed by atoms with Crippen molar-refractivity contribution in [3.8, 4) is 0 Å². The molecule has 80 valence electrons. The summed E-state index contributed by atoms with van der Waals surface area (Å²) in [5.74, 6) is 0.634. The summed E-state index contributed by atoms with van der Waals surface area (Å²) in [6, 6.07) is 0. The summed E-state index contributed by atoms with van der Waals surface area (Å²) in [6.45, 7) is 4.09. The standard InChI is InChI=1S/C9H12N4O2/c1-4-13-7-6(10-5(2)11-7)8(14)12(3)9(13)15/h4H2,1-3H3,(H,10,11). The Balaban J connectivity index is 3.11. The van der Waals surface area contributed by atoms with E-state index in [9.17, 15) is 9.59 Å². The van der Waals surface area contributed by atoms with Gasteiger partial charge in [0.25, 0.3) is 5.56 Å². The Hall–Kier alpha value is -1.85. The van der Waals surface area contributed by atoms with Crippen molar-refractivity contribution in [2.45, 2.75) is 20.4 Å². The molecule has 0 unspecified atom stereocenters. The Morgan fingerprint density at radius 2 is 2.07 bits per heavy atom. The highest BCUT2D eigenvalue weighted by Crippen LogP contribution is 2.03. The lowest BCUT2D eigenvalue weighted by Crippen LogP contribution is -2.37. The normalized spacial score (nSPS) is 11.1. The molecule has 0 aliphatic heterocycles. The van der Waals surface area contributed by atoms with Gasteiger partial charge in [0.1, 0.15) is 11.3 Å². The van der Waals surface area contributed by atoms with E-state index in [2.05, 4.69) is 9.97 Å². The highest BCUT2D eigenvalue weighted by molar-refractivity contribution is 5.69. The van der Waals surface area contributed by atoms with Gasteiger partial charge < -0.3 is 4.98 Å². The highest BCUT2D eigenvalue weighted by atomic mass is 16.2. The smallest absolute Gasteiger partial charge is 0.332 e. The second-order valence-electron chi connectivity index (χ2n) is 3.41. The number of rotatable bonds is 1. The first-order valence-electron chi connectivity index (χ1n) is 4.72. The molecule has 0 atom stereocenters. The quantitative estimate of drug-likeness (QED) is 0.702. The van der Waals surface area contributed by atoms with Gasteiger partial charge in [0.05, 0.1) is 0 Å². The SMILES string of the molecule is CCn1c(=O)n(C)c(=O)c2[nH]c(C)nc21. The first-order chi connectivity index (χ1) is 7.06. The lowest BCUT2D eigenvalue weighted by Gasteiger charge is -2.04. The van der Waals surface area contributed by atoms with E-state index in [1.54, 1.807) is 6.92 Å². The zero-order chi connectivity index (χ0) is 11.2. The maximum Gasteiger partial charge on any atom is 0.332 e. The molecular formula is C9H12N4O2. The summed E-state index contributed by atoms with van der Waals surface area (Å²) in [5, 5.41) is 0. The Kier molecular flexibility index (Phi) is 1.99. The van der Waals surface area contributed by atoms with Crippen LogP contribution in [0.1, 0.15) is 12.7 Å². The van der Waals surface area contributed by atoms with Crippen LogP contribution in [0.4, 0.5) is 0 Å². The summed E-state index contributed by atoms with van der Waals surface area (Å²) in [6.07, 6.45) is 0.